The first-order valence-corrected chi connectivity index (χ1v) is 13.1. The molecule has 9 nitrogen and oxygen atoms in total. The van der Waals surface area contributed by atoms with E-state index in [1.165, 1.54) is 0 Å². The summed E-state index contributed by atoms with van der Waals surface area (Å²) in [5.41, 5.74) is 2.57. The molecule has 2 fully saturated rings. The molecule has 38 heavy (non-hydrogen) atoms. The monoisotopic (exact) mass is 517 g/mol. The number of likely N-dealkylation sites (tertiary alicyclic amines) is 1. The fourth-order valence-electron chi connectivity index (χ4n) is 5.82. The quantitative estimate of drug-likeness (QED) is 0.637. The van der Waals surface area contributed by atoms with Crippen molar-refractivity contribution >= 4 is 12.0 Å². The molecule has 1 aromatic carbocycles. The van der Waals surface area contributed by atoms with Crippen LogP contribution in [0.4, 0.5) is 4.79 Å². The van der Waals surface area contributed by atoms with Gasteiger partial charge in [-0.05, 0) is 81.6 Å². The molecule has 2 aromatic rings. The summed E-state index contributed by atoms with van der Waals surface area (Å²) in [5.74, 6) is -0.234. The fraction of sp³-hybridized carbons (Fsp3) is 0.517. The standard InChI is InChI=1S/C29H35N5O4/c1-27(2,3)38-26(36)34-17-29(8-10-31-16-29)24(34)19-7-9-32-22(11-19)13-33-25(35)20-5-6-21-14-37-18-28(4,15-30)23(21)12-20/h5-7,9,11-12,24,31H,8,10,13-14,16-18H2,1-4H3,(H,33,35)/t24?,28-,29?/m1/s1. The zero-order valence-corrected chi connectivity index (χ0v) is 22.5. The van der Waals surface area contributed by atoms with Gasteiger partial charge in [-0.3, -0.25) is 14.7 Å². The van der Waals surface area contributed by atoms with Gasteiger partial charge in [0.25, 0.3) is 5.91 Å². The summed E-state index contributed by atoms with van der Waals surface area (Å²) in [6, 6.07) is 11.5. The first kappa shape index (κ1) is 26.1. The Morgan fingerprint density at radius 3 is 2.84 bits per heavy atom. The molecule has 200 valence electrons. The van der Waals surface area contributed by atoms with Crippen molar-refractivity contribution < 1.29 is 19.1 Å². The highest BCUT2D eigenvalue weighted by molar-refractivity contribution is 5.94. The van der Waals surface area contributed by atoms with Crippen molar-refractivity contribution in [2.75, 3.05) is 26.2 Å². The Morgan fingerprint density at radius 2 is 2.13 bits per heavy atom. The van der Waals surface area contributed by atoms with Crippen LogP contribution in [0.5, 0.6) is 0 Å². The van der Waals surface area contributed by atoms with E-state index in [9.17, 15) is 14.9 Å². The van der Waals surface area contributed by atoms with Gasteiger partial charge in [-0.15, -0.1) is 0 Å². The zero-order chi connectivity index (χ0) is 27.1. The Bertz CT molecular complexity index is 1290. The van der Waals surface area contributed by atoms with Crippen molar-refractivity contribution in [2.24, 2.45) is 5.41 Å². The number of nitriles is 1. The molecule has 0 saturated carbocycles. The van der Waals surface area contributed by atoms with Gasteiger partial charge in [-0.25, -0.2) is 4.79 Å². The van der Waals surface area contributed by atoms with Gasteiger partial charge in [0, 0.05) is 30.3 Å². The summed E-state index contributed by atoms with van der Waals surface area (Å²) in [6.45, 7) is 10.8. The Kier molecular flexibility index (Phi) is 6.66. The molecule has 3 aliphatic heterocycles. The Hall–Kier alpha value is -3.48. The third-order valence-corrected chi connectivity index (χ3v) is 7.73. The highest BCUT2D eigenvalue weighted by Gasteiger charge is 2.57. The van der Waals surface area contributed by atoms with Crippen molar-refractivity contribution in [3.63, 3.8) is 0 Å². The molecule has 2 saturated heterocycles. The maximum Gasteiger partial charge on any atom is 0.410 e. The lowest BCUT2D eigenvalue weighted by Crippen LogP contribution is -2.62. The number of amides is 2. The summed E-state index contributed by atoms with van der Waals surface area (Å²) in [4.78, 5) is 32.3. The second kappa shape index (κ2) is 9.68. The SMILES string of the molecule is CC(C)(C)OC(=O)N1CC2(CCNC2)C1c1ccnc(CNC(=O)c2ccc3c(c2)[C@](C)(C#N)COC3)c1. The molecule has 9 heteroatoms. The molecule has 1 aromatic heterocycles. The second-order valence-corrected chi connectivity index (χ2v) is 11.9. The van der Waals surface area contributed by atoms with Crippen molar-refractivity contribution in [3.05, 3.63) is 64.5 Å². The molecular weight excluding hydrogens is 482 g/mol. The van der Waals surface area contributed by atoms with Crippen LogP contribution >= 0.6 is 0 Å². The van der Waals surface area contributed by atoms with Gasteiger partial charge in [0.05, 0.1) is 37.6 Å². The Morgan fingerprint density at radius 1 is 1.32 bits per heavy atom. The zero-order valence-electron chi connectivity index (χ0n) is 22.5. The maximum atomic E-state index is 13.0. The van der Waals surface area contributed by atoms with Crippen molar-refractivity contribution in [1.82, 2.24) is 20.5 Å². The number of hydrogen-bond donors (Lipinski definition) is 2. The number of nitrogens with zero attached hydrogens (tertiary/aromatic N) is 3. The summed E-state index contributed by atoms with van der Waals surface area (Å²) >= 11 is 0. The number of carbonyl (C=O) groups is 2. The number of hydrogen-bond acceptors (Lipinski definition) is 7. The molecule has 1 spiro atoms. The average molecular weight is 518 g/mol. The van der Waals surface area contributed by atoms with Crippen LogP contribution in [0, 0.1) is 16.7 Å². The van der Waals surface area contributed by atoms with Crippen LogP contribution < -0.4 is 10.6 Å². The van der Waals surface area contributed by atoms with E-state index in [0.29, 0.717) is 31.0 Å². The van der Waals surface area contributed by atoms with Gasteiger partial charge in [0.1, 0.15) is 11.0 Å². The maximum absolute atomic E-state index is 13.0. The topological polar surface area (TPSA) is 117 Å². The van der Waals surface area contributed by atoms with Gasteiger partial charge in [-0.1, -0.05) is 6.07 Å². The normalized spacial score (nSPS) is 26.3. The molecule has 2 amide bonds. The summed E-state index contributed by atoms with van der Waals surface area (Å²) in [6.07, 6.45) is 2.40. The van der Waals surface area contributed by atoms with E-state index in [2.05, 4.69) is 21.7 Å². The minimum atomic E-state index is -0.784. The number of fused-ring (bicyclic) bond motifs is 1. The van der Waals surface area contributed by atoms with Crippen LogP contribution in [0.15, 0.2) is 36.5 Å². The van der Waals surface area contributed by atoms with Crippen LogP contribution in [-0.2, 0) is 28.0 Å². The van der Waals surface area contributed by atoms with Crippen LogP contribution in [0.25, 0.3) is 0 Å². The minimum Gasteiger partial charge on any atom is -0.444 e. The predicted molar refractivity (Wildman–Crippen MR) is 140 cm³/mol. The van der Waals surface area contributed by atoms with E-state index in [0.717, 1.165) is 36.2 Å². The lowest BCUT2D eigenvalue weighted by Gasteiger charge is -2.55. The molecule has 5 rings (SSSR count). The van der Waals surface area contributed by atoms with Crippen LogP contribution in [0.1, 0.15) is 72.9 Å². The molecule has 3 aliphatic rings. The molecule has 2 unspecified atom stereocenters. The van der Waals surface area contributed by atoms with Crippen LogP contribution in [-0.4, -0.2) is 53.7 Å². The van der Waals surface area contributed by atoms with Crippen LogP contribution in [0.2, 0.25) is 0 Å². The number of benzene rings is 1. The molecule has 2 N–H and O–H groups in total. The molecular formula is C29H35N5O4. The number of ether oxygens (including phenoxy) is 2. The minimum absolute atomic E-state index is 0.0288. The summed E-state index contributed by atoms with van der Waals surface area (Å²) in [5, 5.41) is 16.1. The number of carbonyl (C=O) groups excluding carboxylic acids is 2. The van der Waals surface area contributed by atoms with E-state index in [1.807, 2.05) is 45.9 Å². The predicted octanol–water partition coefficient (Wildman–Crippen LogP) is 3.59. The number of aromatic nitrogens is 1. The van der Waals surface area contributed by atoms with E-state index >= 15 is 0 Å². The average Bonchev–Trinajstić information content (AvgIpc) is 3.37. The number of nitrogens with one attached hydrogen (secondary N) is 2. The summed E-state index contributed by atoms with van der Waals surface area (Å²) < 4.78 is 11.2. The van der Waals surface area contributed by atoms with E-state index in [-0.39, 0.29) is 30.0 Å². The third-order valence-electron chi connectivity index (χ3n) is 7.73. The largest absolute Gasteiger partial charge is 0.444 e. The van der Waals surface area contributed by atoms with Crippen LogP contribution in [0.3, 0.4) is 0 Å². The van der Waals surface area contributed by atoms with E-state index < -0.39 is 11.0 Å². The van der Waals surface area contributed by atoms with Gasteiger partial charge in [-0.2, -0.15) is 5.26 Å². The molecule has 0 radical (unpaired) electrons. The van der Waals surface area contributed by atoms with Crippen molar-refractivity contribution in [3.8, 4) is 6.07 Å². The second-order valence-electron chi connectivity index (χ2n) is 11.9. The highest BCUT2D eigenvalue weighted by Crippen LogP contribution is 2.52. The smallest absolute Gasteiger partial charge is 0.410 e. The first-order chi connectivity index (χ1) is 18.0. The van der Waals surface area contributed by atoms with E-state index in [4.69, 9.17) is 9.47 Å². The molecule has 0 bridgehead atoms. The van der Waals surface area contributed by atoms with Crippen molar-refractivity contribution in [1.29, 1.82) is 5.26 Å². The number of pyridine rings is 1. The fourth-order valence-corrected chi connectivity index (χ4v) is 5.82. The number of rotatable bonds is 4. The van der Waals surface area contributed by atoms with E-state index in [1.54, 1.807) is 23.2 Å². The Balaban J connectivity index is 1.32. The van der Waals surface area contributed by atoms with Gasteiger partial charge in [0.15, 0.2) is 0 Å². The molecule has 3 atom stereocenters. The first-order valence-electron chi connectivity index (χ1n) is 13.1. The van der Waals surface area contributed by atoms with Gasteiger partial charge < -0.3 is 20.1 Å². The highest BCUT2D eigenvalue weighted by atomic mass is 16.6. The molecule has 0 aliphatic carbocycles. The summed E-state index contributed by atoms with van der Waals surface area (Å²) in [7, 11) is 0. The lowest BCUT2D eigenvalue weighted by atomic mass is 9.68. The van der Waals surface area contributed by atoms with Gasteiger partial charge >= 0.3 is 6.09 Å². The Labute approximate surface area is 223 Å². The lowest BCUT2D eigenvalue weighted by molar-refractivity contribution is -0.0739. The van der Waals surface area contributed by atoms with Gasteiger partial charge in [0.2, 0.25) is 0 Å². The van der Waals surface area contributed by atoms with Crippen molar-refractivity contribution in [2.45, 2.75) is 64.3 Å². The molecule has 4 heterocycles. The third kappa shape index (κ3) is 4.86.